The van der Waals surface area contributed by atoms with Gasteiger partial charge < -0.3 is 15.2 Å². The first kappa shape index (κ1) is 13.2. The van der Waals surface area contributed by atoms with Gasteiger partial charge in [0, 0.05) is 13.1 Å². The smallest absolute Gasteiger partial charge is 0.268 e. The van der Waals surface area contributed by atoms with Crippen LogP contribution in [0.25, 0.3) is 10.2 Å². The van der Waals surface area contributed by atoms with Crippen molar-refractivity contribution < 1.29 is 0 Å². The topological polar surface area (TPSA) is 61.0 Å². The van der Waals surface area contributed by atoms with Crippen molar-refractivity contribution in [2.24, 2.45) is 0 Å². The highest BCUT2D eigenvalue weighted by molar-refractivity contribution is 7.17. The largest absolute Gasteiger partial charge is 0.309 e. The Balaban J connectivity index is 1.93. The first-order valence-electron chi connectivity index (χ1n) is 6.06. The fourth-order valence-corrected chi connectivity index (χ4v) is 2.37. The molecule has 0 aromatic carbocycles. The van der Waals surface area contributed by atoms with Crippen LogP contribution in [0.2, 0.25) is 0 Å². The van der Waals surface area contributed by atoms with Crippen molar-refractivity contribution in [1.29, 1.82) is 0 Å². The Morgan fingerprint density at radius 2 is 2.39 bits per heavy atom. The lowest BCUT2D eigenvalue weighted by Gasteiger charge is -2.13. The first-order valence-corrected chi connectivity index (χ1v) is 6.94. The zero-order valence-corrected chi connectivity index (χ0v) is 11.5. The van der Waals surface area contributed by atoms with Crippen molar-refractivity contribution in [3.63, 3.8) is 0 Å². The van der Waals surface area contributed by atoms with Crippen molar-refractivity contribution in [2.45, 2.75) is 13.5 Å². The van der Waals surface area contributed by atoms with E-state index >= 15 is 0 Å². The van der Waals surface area contributed by atoms with E-state index in [4.69, 9.17) is 0 Å². The average molecular weight is 266 g/mol. The number of fused-ring (bicyclic) bond motifs is 1. The third-order valence-corrected chi connectivity index (χ3v) is 3.77. The van der Waals surface area contributed by atoms with E-state index in [9.17, 15) is 4.79 Å². The van der Waals surface area contributed by atoms with Crippen molar-refractivity contribution >= 4 is 21.6 Å². The number of rotatable bonds is 6. The van der Waals surface area contributed by atoms with E-state index in [1.807, 2.05) is 11.4 Å². The van der Waals surface area contributed by atoms with E-state index in [0.29, 0.717) is 17.1 Å². The summed E-state index contributed by atoms with van der Waals surface area (Å²) in [4.78, 5) is 21.2. The third-order valence-electron chi connectivity index (χ3n) is 2.87. The van der Waals surface area contributed by atoms with Crippen LogP contribution in [0, 0.1) is 0 Å². The zero-order valence-electron chi connectivity index (χ0n) is 10.7. The number of aromatic amines is 1. The van der Waals surface area contributed by atoms with E-state index in [1.54, 1.807) is 0 Å². The molecule has 0 unspecified atom stereocenters. The average Bonchev–Trinajstić information content (AvgIpc) is 2.83. The third kappa shape index (κ3) is 3.16. The van der Waals surface area contributed by atoms with Crippen LogP contribution in [0.3, 0.4) is 0 Å². The second kappa shape index (κ2) is 6.08. The van der Waals surface area contributed by atoms with E-state index in [0.717, 1.165) is 25.2 Å². The summed E-state index contributed by atoms with van der Waals surface area (Å²) in [5, 5.41) is 5.17. The lowest BCUT2D eigenvalue weighted by Crippen LogP contribution is -2.29. The molecule has 0 amide bonds. The SMILES string of the molecule is CCN(C)CCNCc1nc2ccsc2c(=O)[nH]1. The second-order valence-electron chi connectivity index (χ2n) is 4.22. The summed E-state index contributed by atoms with van der Waals surface area (Å²) in [6, 6.07) is 1.88. The predicted molar refractivity (Wildman–Crippen MR) is 75.1 cm³/mol. The summed E-state index contributed by atoms with van der Waals surface area (Å²) in [6.07, 6.45) is 0. The van der Waals surface area contributed by atoms with Crippen molar-refractivity contribution in [2.75, 3.05) is 26.7 Å². The van der Waals surface area contributed by atoms with Crippen LogP contribution in [0.4, 0.5) is 0 Å². The normalized spacial score (nSPS) is 11.5. The Kier molecular flexibility index (Phi) is 4.46. The first-order chi connectivity index (χ1) is 8.70. The van der Waals surface area contributed by atoms with Gasteiger partial charge >= 0.3 is 0 Å². The molecule has 6 heteroatoms. The molecule has 0 aliphatic heterocycles. The molecule has 98 valence electrons. The molecule has 2 heterocycles. The van der Waals surface area contributed by atoms with Crippen LogP contribution in [0.15, 0.2) is 16.2 Å². The zero-order chi connectivity index (χ0) is 13.0. The quantitative estimate of drug-likeness (QED) is 0.767. The van der Waals surface area contributed by atoms with Crippen molar-refractivity contribution in [3.05, 3.63) is 27.6 Å². The number of likely N-dealkylation sites (N-methyl/N-ethyl adjacent to an activating group) is 1. The molecule has 0 spiro atoms. The van der Waals surface area contributed by atoms with Gasteiger partial charge in [0.15, 0.2) is 0 Å². The molecule has 0 radical (unpaired) electrons. The van der Waals surface area contributed by atoms with Gasteiger partial charge in [-0.2, -0.15) is 0 Å². The number of hydrogen-bond acceptors (Lipinski definition) is 5. The van der Waals surface area contributed by atoms with Crippen molar-refractivity contribution in [3.8, 4) is 0 Å². The monoisotopic (exact) mass is 266 g/mol. The fraction of sp³-hybridized carbons (Fsp3) is 0.500. The highest BCUT2D eigenvalue weighted by atomic mass is 32.1. The van der Waals surface area contributed by atoms with Crippen LogP contribution in [-0.4, -0.2) is 41.5 Å². The standard InChI is InChI=1S/C12H18N4OS/c1-3-16(2)6-5-13-8-10-14-9-4-7-18-11(9)12(17)15-10/h4,7,13H,3,5-6,8H2,1-2H3,(H,14,15,17). The summed E-state index contributed by atoms with van der Waals surface area (Å²) in [5.74, 6) is 0.699. The lowest BCUT2D eigenvalue weighted by atomic mass is 10.4. The van der Waals surface area contributed by atoms with Gasteiger partial charge in [0.2, 0.25) is 0 Å². The maximum absolute atomic E-state index is 11.7. The minimum atomic E-state index is -0.0440. The Morgan fingerprint density at radius 1 is 1.56 bits per heavy atom. The van der Waals surface area contributed by atoms with Crippen LogP contribution >= 0.6 is 11.3 Å². The maximum Gasteiger partial charge on any atom is 0.268 e. The molecule has 0 saturated carbocycles. The molecule has 0 fully saturated rings. The molecular formula is C12H18N4OS. The number of hydrogen-bond donors (Lipinski definition) is 2. The minimum Gasteiger partial charge on any atom is -0.309 e. The van der Waals surface area contributed by atoms with Crippen molar-refractivity contribution in [1.82, 2.24) is 20.2 Å². The van der Waals surface area contributed by atoms with Gasteiger partial charge in [-0.25, -0.2) is 4.98 Å². The Labute approximate surface area is 110 Å². The molecule has 5 nitrogen and oxygen atoms in total. The van der Waals surface area contributed by atoms with E-state index < -0.39 is 0 Å². The summed E-state index contributed by atoms with van der Waals surface area (Å²) in [5.41, 5.74) is 0.740. The molecule has 2 aromatic rings. The molecule has 18 heavy (non-hydrogen) atoms. The van der Waals surface area contributed by atoms with E-state index in [2.05, 4.69) is 34.2 Å². The van der Waals surface area contributed by atoms with Gasteiger partial charge in [0.1, 0.15) is 10.5 Å². The molecule has 2 rings (SSSR count). The fourth-order valence-electron chi connectivity index (χ4n) is 1.64. The molecule has 0 aliphatic rings. The summed E-state index contributed by atoms with van der Waals surface area (Å²) in [6.45, 7) is 5.64. The Bertz CT molecular complexity index is 562. The van der Waals surface area contributed by atoms with Gasteiger partial charge in [0.25, 0.3) is 5.56 Å². The minimum absolute atomic E-state index is 0.0440. The van der Waals surface area contributed by atoms with E-state index in [-0.39, 0.29) is 5.56 Å². The summed E-state index contributed by atoms with van der Waals surface area (Å²) >= 11 is 1.42. The highest BCUT2D eigenvalue weighted by Crippen LogP contribution is 2.13. The number of thiophene rings is 1. The van der Waals surface area contributed by atoms with Crippen LogP contribution < -0.4 is 10.9 Å². The van der Waals surface area contributed by atoms with Gasteiger partial charge in [-0.05, 0) is 25.0 Å². The summed E-state index contributed by atoms with van der Waals surface area (Å²) in [7, 11) is 2.08. The number of nitrogens with zero attached hydrogens (tertiary/aromatic N) is 2. The van der Waals surface area contributed by atoms with Gasteiger partial charge in [-0.1, -0.05) is 6.92 Å². The molecule has 2 aromatic heterocycles. The molecular weight excluding hydrogens is 248 g/mol. The molecule has 2 N–H and O–H groups in total. The van der Waals surface area contributed by atoms with Crippen LogP contribution in [-0.2, 0) is 6.54 Å². The number of nitrogens with one attached hydrogen (secondary N) is 2. The highest BCUT2D eigenvalue weighted by Gasteiger charge is 2.04. The molecule has 0 saturated heterocycles. The van der Waals surface area contributed by atoms with Gasteiger partial charge in [-0.3, -0.25) is 4.79 Å². The van der Waals surface area contributed by atoms with Gasteiger partial charge in [0.05, 0.1) is 12.1 Å². The molecule has 0 aliphatic carbocycles. The Morgan fingerprint density at radius 3 is 3.17 bits per heavy atom. The number of aromatic nitrogens is 2. The number of H-pyrrole nitrogens is 1. The second-order valence-corrected chi connectivity index (χ2v) is 5.14. The lowest BCUT2D eigenvalue weighted by molar-refractivity contribution is 0.348. The molecule has 0 bridgehead atoms. The predicted octanol–water partition coefficient (Wildman–Crippen LogP) is 1.03. The van der Waals surface area contributed by atoms with Crippen LogP contribution in [0.5, 0.6) is 0 Å². The Hall–Kier alpha value is -1.24. The summed E-state index contributed by atoms with van der Waals surface area (Å²) < 4.78 is 0.699. The van der Waals surface area contributed by atoms with E-state index in [1.165, 1.54) is 11.3 Å². The maximum atomic E-state index is 11.7. The molecule has 0 atom stereocenters. The van der Waals surface area contributed by atoms with Crippen LogP contribution in [0.1, 0.15) is 12.7 Å². The van der Waals surface area contributed by atoms with Gasteiger partial charge in [-0.15, -0.1) is 11.3 Å².